The maximum absolute atomic E-state index is 11.3. The van der Waals surface area contributed by atoms with Crippen LogP contribution in [0.5, 0.6) is 5.75 Å². The first kappa shape index (κ1) is 17.1. The zero-order chi connectivity index (χ0) is 19.0. The highest BCUT2D eigenvalue weighted by atomic mass is 16.6. The molecule has 0 fully saturated rings. The summed E-state index contributed by atoms with van der Waals surface area (Å²) in [5.74, 6) is 1.14. The van der Waals surface area contributed by atoms with Crippen LogP contribution < -0.4 is 10.1 Å². The Bertz CT molecular complexity index is 960. The summed E-state index contributed by atoms with van der Waals surface area (Å²) >= 11 is 0. The topological polar surface area (TPSA) is 88.2 Å². The average Bonchev–Trinajstić information content (AvgIpc) is 3.17. The molecule has 3 atom stereocenters. The molecule has 1 N–H and O–H groups in total. The van der Waals surface area contributed by atoms with Crippen LogP contribution in [0, 0.1) is 27.4 Å². The third kappa shape index (κ3) is 2.91. The molecule has 0 amide bonds. The Morgan fingerprint density at radius 1 is 1.33 bits per heavy atom. The second-order valence-corrected chi connectivity index (χ2v) is 6.80. The van der Waals surface area contributed by atoms with Gasteiger partial charge in [0.25, 0.3) is 5.69 Å². The molecule has 0 saturated heterocycles. The lowest BCUT2D eigenvalue weighted by atomic mass is 9.76. The number of rotatable bonds is 4. The highest BCUT2D eigenvalue weighted by Crippen LogP contribution is 2.51. The van der Waals surface area contributed by atoms with Crippen molar-refractivity contribution >= 4 is 11.4 Å². The van der Waals surface area contributed by atoms with Gasteiger partial charge in [0.2, 0.25) is 0 Å². The number of ether oxygens (including phenoxy) is 1. The minimum atomic E-state index is -0.437. The zero-order valence-corrected chi connectivity index (χ0v) is 14.9. The molecule has 1 heterocycles. The van der Waals surface area contributed by atoms with E-state index in [2.05, 4.69) is 23.5 Å². The number of hydrogen-bond donors (Lipinski definition) is 1. The Balaban J connectivity index is 1.77. The van der Waals surface area contributed by atoms with E-state index in [9.17, 15) is 15.4 Å². The van der Waals surface area contributed by atoms with Gasteiger partial charge in [-0.3, -0.25) is 10.1 Å². The number of nitrogens with zero attached hydrogens (tertiary/aromatic N) is 2. The van der Waals surface area contributed by atoms with E-state index < -0.39 is 4.92 Å². The standard InChI is InChI=1S/C21H19N3O3/c1-2-27-16-8-6-13(7-9-16)20-18-5-3-4-17(18)19-11-15(24(25)26)10-14(12-22)21(19)23-20/h3-4,6-11,17-18,20,23H,2,5H2,1H3/t17-,18+,20+/m1/s1. The Morgan fingerprint density at radius 3 is 2.78 bits per heavy atom. The number of nitro groups is 1. The average molecular weight is 361 g/mol. The zero-order valence-electron chi connectivity index (χ0n) is 14.9. The first-order chi connectivity index (χ1) is 13.1. The molecular formula is C21H19N3O3. The Morgan fingerprint density at radius 2 is 2.11 bits per heavy atom. The van der Waals surface area contributed by atoms with E-state index in [1.165, 1.54) is 6.07 Å². The summed E-state index contributed by atoms with van der Waals surface area (Å²) in [6.45, 7) is 2.57. The molecule has 2 aromatic carbocycles. The summed E-state index contributed by atoms with van der Waals surface area (Å²) in [5.41, 5.74) is 2.93. The van der Waals surface area contributed by atoms with Crippen molar-refractivity contribution in [3.63, 3.8) is 0 Å². The van der Waals surface area contributed by atoms with Crippen molar-refractivity contribution in [1.82, 2.24) is 0 Å². The van der Waals surface area contributed by atoms with Crippen molar-refractivity contribution in [2.45, 2.75) is 25.3 Å². The summed E-state index contributed by atoms with van der Waals surface area (Å²) in [7, 11) is 0. The molecule has 6 nitrogen and oxygen atoms in total. The van der Waals surface area contributed by atoms with E-state index in [1.54, 1.807) is 6.07 Å². The fourth-order valence-corrected chi connectivity index (χ4v) is 4.15. The van der Waals surface area contributed by atoms with Crippen LogP contribution >= 0.6 is 0 Å². The van der Waals surface area contributed by atoms with Crippen molar-refractivity contribution in [1.29, 1.82) is 5.26 Å². The minimum Gasteiger partial charge on any atom is -0.494 e. The predicted molar refractivity (Wildman–Crippen MR) is 102 cm³/mol. The third-order valence-corrected chi connectivity index (χ3v) is 5.34. The van der Waals surface area contributed by atoms with Crippen molar-refractivity contribution in [2.24, 2.45) is 5.92 Å². The van der Waals surface area contributed by atoms with Gasteiger partial charge in [0.05, 0.1) is 28.8 Å². The Kier molecular flexibility index (Phi) is 4.28. The molecule has 27 heavy (non-hydrogen) atoms. The number of nitriles is 1. The summed E-state index contributed by atoms with van der Waals surface area (Å²) in [5, 5.41) is 24.3. The van der Waals surface area contributed by atoms with Gasteiger partial charge in [-0.2, -0.15) is 5.26 Å². The maximum atomic E-state index is 11.3. The van der Waals surface area contributed by atoms with E-state index in [0.717, 1.165) is 23.3 Å². The Labute approximate surface area is 157 Å². The Hall–Kier alpha value is -3.33. The SMILES string of the molecule is CCOc1ccc([C@@H]2Nc3c(C#N)cc([N+](=O)[O-])cc3[C@@H]3C=CC[C@@H]32)cc1. The number of fused-ring (bicyclic) bond motifs is 3. The van der Waals surface area contributed by atoms with Gasteiger partial charge in [-0.25, -0.2) is 0 Å². The van der Waals surface area contributed by atoms with Crippen LogP contribution in [-0.4, -0.2) is 11.5 Å². The number of hydrogen-bond acceptors (Lipinski definition) is 5. The molecule has 1 aliphatic heterocycles. The van der Waals surface area contributed by atoms with E-state index in [-0.39, 0.29) is 23.6 Å². The summed E-state index contributed by atoms with van der Waals surface area (Å²) in [6, 6.07) is 13.1. The van der Waals surface area contributed by atoms with Gasteiger partial charge in [-0.15, -0.1) is 0 Å². The molecule has 136 valence electrons. The fraction of sp³-hybridized carbons (Fsp3) is 0.286. The molecule has 2 aliphatic rings. The first-order valence-electron chi connectivity index (χ1n) is 9.00. The van der Waals surface area contributed by atoms with Crippen LogP contribution in [-0.2, 0) is 0 Å². The number of allylic oxidation sites excluding steroid dienone is 2. The normalized spacial score (nSPS) is 22.3. The first-order valence-corrected chi connectivity index (χ1v) is 9.00. The lowest BCUT2D eigenvalue weighted by molar-refractivity contribution is -0.384. The molecule has 6 heteroatoms. The lowest BCUT2D eigenvalue weighted by Crippen LogP contribution is -2.29. The van der Waals surface area contributed by atoms with Crippen molar-refractivity contribution < 1.29 is 9.66 Å². The molecule has 0 spiro atoms. The van der Waals surface area contributed by atoms with Crippen molar-refractivity contribution in [3.05, 3.63) is 75.4 Å². The van der Waals surface area contributed by atoms with Crippen LogP contribution in [0.3, 0.4) is 0 Å². The highest BCUT2D eigenvalue weighted by Gasteiger charge is 2.39. The number of nitrogens with one attached hydrogen (secondary N) is 1. The van der Waals surface area contributed by atoms with Crippen LogP contribution in [0.25, 0.3) is 0 Å². The van der Waals surface area contributed by atoms with Gasteiger partial charge >= 0.3 is 0 Å². The monoisotopic (exact) mass is 361 g/mol. The van der Waals surface area contributed by atoms with Crippen LogP contribution in [0.2, 0.25) is 0 Å². The molecule has 0 aromatic heterocycles. The predicted octanol–water partition coefficient (Wildman–Crippen LogP) is 4.69. The summed E-state index contributed by atoms with van der Waals surface area (Å²) < 4.78 is 5.52. The maximum Gasteiger partial charge on any atom is 0.271 e. The van der Waals surface area contributed by atoms with Crippen LogP contribution in [0.1, 0.15) is 42.0 Å². The van der Waals surface area contributed by atoms with Crippen LogP contribution in [0.15, 0.2) is 48.6 Å². The smallest absolute Gasteiger partial charge is 0.271 e. The lowest BCUT2D eigenvalue weighted by Gasteiger charge is -2.37. The van der Waals surface area contributed by atoms with E-state index in [0.29, 0.717) is 17.9 Å². The molecule has 4 rings (SSSR count). The summed E-state index contributed by atoms with van der Waals surface area (Å²) in [4.78, 5) is 10.8. The third-order valence-electron chi connectivity index (χ3n) is 5.34. The summed E-state index contributed by atoms with van der Waals surface area (Å²) in [6.07, 6.45) is 5.12. The van der Waals surface area contributed by atoms with Crippen molar-refractivity contribution in [2.75, 3.05) is 11.9 Å². The van der Waals surface area contributed by atoms with Gasteiger partial charge in [0, 0.05) is 18.1 Å². The number of non-ortho nitro benzene ring substituents is 1. The molecule has 0 radical (unpaired) electrons. The number of nitro benzene ring substituents is 1. The molecule has 0 saturated carbocycles. The molecule has 0 bridgehead atoms. The van der Waals surface area contributed by atoms with Gasteiger partial charge < -0.3 is 10.1 Å². The van der Waals surface area contributed by atoms with Gasteiger partial charge in [-0.1, -0.05) is 24.3 Å². The van der Waals surface area contributed by atoms with Crippen LogP contribution in [0.4, 0.5) is 11.4 Å². The second-order valence-electron chi connectivity index (χ2n) is 6.80. The molecule has 1 aliphatic carbocycles. The number of anilines is 1. The molecular weight excluding hydrogens is 342 g/mol. The van der Waals surface area contributed by atoms with Gasteiger partial charge in [-0.05, 0) is 42.5 Å². The number of benzene rings is 2. The molecule has 0 unspecified atom stereocenters. The largest absolute Gasteiger partial charge is 0.494 e. The minimum absolute atomic E-state index is 0.0294. The van der Waals surface area contributed by atoms with E-state index in [4.69, 9.17) is 4.74 Å². The second kappa shape index (κ2) is 6.76. The van der Waals surface area contributed by atoms with Gasteiger partial charge in [0.1, 0.15) is 11.8 Å². The fourth-order valence-electron chi connectivity index (χ4n) is 4.15. The quantitative estimate of drug-likeness (QED) is 0.485. The highest BCUT2D eigenvalue weighted by molar-refractivity contribution is 5.71. The molecule has 2 aromatic rings. The van der Waals surface area contributed by atoms with Gasteiger partial charge in [0.15, 0.2) is 0 Å². The van der Waals surface area contributed by atoms with E-state index >= 15 is 0 Å². The van der Waals surface area contributed by atoms with Crippen molar-refractivity contribution in [3.8, 4) is 11.8 Å². The van der Waals surface area contributed by atoms with E-state index in [1.807, 2.05) is 31.2 Å².